The first-order chi connectivity index (χ1) is 13.0. The van der Waals surface area contributed by atoms with Crippen molar-refractivity contribution < 1.29 is 13.6 Å². The third-order valence-electron chi connectivity index (χ3n) is 5.83. The van der Waals surface area contributed by atoms with Crippen molar-refractivity contribution in [3.05, 3.63) is 6.33 Å². The summed E-state index contributed by atoms with van der Waals surface area (Å²) in [6, 6.07) is 0. The molecule has 1 aliphatic rings. The van der Waals surface area contributed by atoms with E-state index in [0.29, 0.717) is 28.3 Å². The van der Waals surface area contributed by atoms with Crippen LogP contribution in [0.2, 0.25) is 18.1 Å². The molecule has 0 radical (unpaired) electrons. The van der Waals surface area contributed by atoms with Crippen LogP contribution >= 0.6 is 11.8 Å². The maximum atomic E-state index is 15.7. The van der Waals surface area contributed by atoms with Crippen molar-refractivity contribution in [2.75, 3.05) is 12.0 Å². The normalized spacial score (nSPS) is 26.3. The quantitative estimate of drug-likeness (QED) is 0.566. The Morgan fingerprint density at radius 2 is 2.04 bits per heavy atom. The lowest BCUT2D eigenvalue weighted by molar-refractivity contribution is -0.0296. The predicted molar refractivity (Wildman–Crippen MR) is 113 cm³/mol. The molecule has 2 aromatic heterocycles. The van der Waals surface area contributed by atoms with Crippen molar-refractivity contribution in [3.8, 4) is 0 Å². The Morgan fingerprint density at radius 3 is 2.61 bits per heavy atom. The van der Waals surface area contributed by atoms with Gasteiger partial charge in [0.25, 0.3) is 0 Å². The van der Waals surface area contributed by atoms with Gasteiger partial charge in [0.15, 0.2) is 26.4 Å². The third kappa shape index (κ3) is 3.55. The van der Waals surface area contributed by atoms with Crippen molar-refractivity contribution in [3.63, 3.8) is 0 Å². The zero-order valence-corrected chi connectivity index (χ0v) is 19.4. The molecular weight excluding hydrogens is 397 g/mol. The number of nitrogens with zero attached hydrogens (tertiary/aromatic N) is 4. The number of alkyl halides is 1. The first kappa shape index (κ1) is 21.5. The summed E-state index contributed by atoms with van der Waals surface area (Å²) in [5, 5.41) is 5.81. The van der Waals surface area contributed by atoms with Gasteiger partial charge in [-0.05, 0) is 30.8 Å². The molecule has 1 fully saturated rings. The monoisotopic (exact) mass is 427 g/mol. The molecule has 1 saturated heterocycles. The van der Waals surface area contributed by atoms with Gasteiger partial charge in [-0.25, -0.2) is 19.0 Å². The Morgan fingerprint density at radius 1 is 1.36 bits per heavy atom. The topological polar surface area (TPSA) is 88.1 Å². The fraction of sp³-hybridized carbons (Fsp3) is 0.722. The van der Waals surface area contributed by atoms with Crippen molar-refractivity contribution in [2.45, 2.75) is 81.9 Å². The van der Waals surface area contributed by atoms with Crippen molar-refractivity contribution in [1.29, 1.82) is 0 Å². The summed E-state index contributed by atoms with van der Waals surface area (Å²) in [6.45, 7) is 12.7. The van der Waals surface area contributed by atoms with Crippen LogP contribution in [0.3, 0.4) is 0 Å². The first-order valence-corrected chi connectivity index (χ1v) is 13.6. The lowest BCUT2D eigenvalue weighted by atomic mass is 10.1. The molecule has 156 valence electrons. The Labute approximate surface area is 170 Å². The Balaban J connectivity index is 1.99. The highest BCUT2D eigenvalue weighted by atomic mass is 32.2. The molecule has 3 rings (SSSR count). The molecule has 0 aliphatic carbocycles. The van der Waals surface area contributed by atoms with Gasteiger partial charge in [0.2, 0.25) is 0 Å². The molecule has 1 aliphatic heterocycles. The Kier molecular flexibility index (Phi) is 5.79. The second-order valence-corrected chi connectivity index (χ2v) is 14.2. The highest BCUT2D eigenvalue weighted by molar-refractivity contribution is 7.98. The highest BCUT2D eigenvalue weighted by Crippen LogP contribution is 2.43. The summed E-state index contributed by atoms with van der Waals surface area (Å²) in [5.74, 6) is 0.329. The number of ether oxygens (including phenoxy) is 1. The third-order valence-corrected chi connectivity index (χ3v) is 11.0. The van der Waals surface area contributed by atoms with Gasteiger partial charge in [0.1, 0.15) is 23.3 Å². The van der Waals surface area contributed by atoms with E-state index < -0.39 is 26.8 Å². The summed E-state index contributed by atoms with van der Waals surface area (Å²) in [5.41, 5.74) is 6.50. The van der Waals surface area contributed by atoms with Gasteiger partial charge in [0, 0.05) is 0 Å². The molecule has 0 saturated carbocycles. The van der Waals surface area contributed by atoms with Gasteiger partial charge in [-0.1, -0.05) is 27.7 Å². The summed E-state index contributed by atoms with van der Waals surface area (Å²) < 4.78 is 29.7. The molecule has 0 bridgehead atoms. The summed E-state index contributed by atoms with van der Waals surface area (Å²) in [4.78, 5) is 8.34. The average Bonchev–Trinajstić information content (AvgIpc) is 3.13. The molecule has 3 heterocycles. The highest BCUT2D eigenvalue weighted by Gasteiger charge is 2.51. The zero-order chi connectivity index (χ0) is 20.9. The predicted octanol–water partition coefficient (Wildman–Crippen LogP) is 4.17. The number of anilines is 1. The van der Waals surface area contributed by atoms with E-state index in [2.05, 4.69) is 48.9 Å². The van der Waals surface area contributed by atoms with Crippen LogP contribution in [0.1, 0.15) is 40.3 Å². The fourth-order valence-electron chi connectivity index (χ4n) is 3.16. The first-order valence-electron chi connectivity index (χ1n) is 9.51. The van der Waals surface area contributed by atoms with Gasteiger partial charge >= 0.3 is 0 Å². The van der Waals surface area contributed by atoms with E-state index in [9.17, 15) is 0 Å². The van der Waals surface area contributed by atoms with Crippen LogP contribution in [0.15, 0.2) is 11.4 Å². The van der Waals surface area contributed by atoms with E-state index in [-0.39, 0.29) is 11.1 Å². The molecule has 0 unspecified atom stereocenters. The number of nitrogen functional groups attached to an aromatic ring is 1. The Hall–Kier alpha value is -1.23. The molecule has 7 nitrogen and oxygen atoms in total. The molecule has 2 N–H and O–H groups in total. The summed E-state index contributed by atoms with van der Waals surface area (Å²) in [6.07, 6.45) is 0.673. The van der Waals surface area contributed by atoms with Crippen LogP contribution in [0.25, 0.3) is 11.0 Å². The van der Waals surface area contributed by atoms with E-state index in [1.807, 2.05) is 13.2 Å². The van der Waals surface area contributed by atoms with Crippen molar-refractivity contribution >= 4 is 36.9 Å². The van der Waals surface area contributed by atoms with E-state index in [1.54, 1.807) is 0 Å². The number of halogens is 1. The van der Waals surface area contributed by atoms with Crippen LogP contribution < -0.4 is 5.73 Å². The molecule has 4 atom stereocenters. The van der Waals surface area contributed by atoms with Crippen LogP contribution in [0, 0.1) is 0 Å². The molecule has 0 aromatic carbocycles. The molecule has 0 spiro atoms. The maximum absolute atomic E-state index is 15.7. The molecule has 28 heavy (non-hydrogen) atoms. The largest absolute Gasteiger partial charge is 0.408 e. The lowest BCUT2D eigenvalue weighted by Gasteiger charge is -2.39. The van der Waals surface area contributed by atoms with Gasteiger partial charge in [0.05, 0.1) is 11.5 Å². The average molecular weight is 428 g/mol. The maximum Gasteiger partial charge on any atom is 0.192 e. The number of rotatable bonds is 5. The second-order valence-electron chi connectivity index (χ2n) is 8.67. The molecule has 2 aromatic rings. The molecular formula is C18H30FN5O2SSi. The number of hydrogen-bond acceptors (Lipinski definition) is 7. The number of aromatic nitrogens is 4. The smallest absolute Gasteiger partial charge is 0.192 e. The van der Waals surface area contributed by atoms with Gasteiger partial charge in [-0.3, -0.25) is 0 Å². The van der Waals surface area contributed by atoms with Crippen molar-refractivity contribution in [2.24, 2.45) is 0 Å². The van der Waals surface area contributed by atoms with Crippen LogP contribution in [-0.4, -0.2) is 52.7 Å². The number of hydrogen-bond donors (Lipinski definition) is 1. The van der Waals surface area contributed by atoms with Crippen LogP contribution in [0.4, 0.5) is 10.2 Å². The van der Waals surface area contributed by atoms with Gasteiger partial charge in [-0.2, -0.15) is 5.10 Å². The molecule has 10 heteroatoms. The minimum absolute atomic E-state index is 0.0187. The number of nitrogens with two attached hydrogens (primary N) is 1. The number of thioether (sulfide) groups is 1. The Bertz CT molecular complexity index is 856. The van der Waals surface area contributed by atoms with Gasteiger partial charge < -0.3 is 14.9 Å². The zero-order valence-electron chi connectivity index (χ0n) is 17.6. The SMILES string of the molecule is CC[C@@H]1O[C@H](n2nc(SC)c3c(N)ncnc32)[C@@H](F)[C@@H]1O[Si](C)(C)C(C)(C)C. The van der Waals surface area contributed by atoms with E-state index >= 15 is 4.39 Å². The summed E-state index contributed by atoms with van der Waals surface area (Å²) in [7, 11) is -2.16. The van der Waals surface area contributed by atoms with Gasteiger partial charge in [-0.15, -0.1) is 11.8 Å². The molecule has 0 amide bonds. The lowest BCUT2D eigenvalue weighted by Crippen LogP contribution is -2.48. The summed E-state index contributed by atoms with van der Waals surface area (Å²) >= 11 is 1.42. The number of fused-ring (bicyclic) bond motifs is 1. The van der Waals surface area contributed by atoms with E-state index in [4.69, 9.17) is 14.9 Å². The minimum atomic E-state index is -2.16. The van der Waals surface area contributed by atoms with Crippen LogP contribution in [0.5, 0.6) is 0 Å². The van der Waals surface area contributed by atoms with Crippen LogP contribution in [-0.2, 0) is 9.16 Å². The minimum Gasteiger partial charge on any atom is -0.408 e. The fourth-order valence-corrected chi connectivity index (χ4v) is 5.05. The second kappa shape index (κ2) is 7.55. The van der Waals surface area contributed by atoms with E-state index in [0.717, 1.165) is 0 Å². The van der Waals surface area contributed by atoms with E-state index in [1.165, 1.54) is 22.8 Å². The van der Waals surface area contributed by atoms with Crippen molar-refractivity contribution in [1.82, 2.24) is 19.7 Å². The standard InChI is InChI=1S/C18H30FN5O2SSi/c1-8-10-13(26-28(6,7)18(2,3)4)12(19)17(25-10)24-15-11(16(23-24)27-5)14(20)21-9-22-15/h9-10,12-13,17H,8H2,1-7H3,(H2,20,21,22)/t10-,12-,13+,17-/m0/s1.